The van der Waals surface area contributed by atoms with Crippen LogP contribution in [0.5, 0.6) is 11.5 Å². The summed E-state index contributed by atoms with van der Waals surface area (Å²) in [5.41, 5.74) is 6.35. The Kier molecular flexibility index (Phi) is 2.60. The normalized spacial score (nSPS) is 9.00. The van der Waals surface area contributed by atoms with Gasteiger partial charge in [0, 0.05) is 12.1 Å². The Morgan fingerprint density at radius 1 is 1.23 bits per heavy atom. The molecule has 4 heteroatoms. The molecule has 0 amide bonds. The molecular formula is C9H10N2O2. The van der Waals surface area contributed by atoms with Crippen LogP contribution >= 0.6 is 0 Å². The van der Waals surface area contributed by atoms with E-state index in [9.17, 15) is 0 Å². The smallest absolute Gasteiger partial charge is 0.162 e. The fourth-order valence-electron chi connectivity index (χ4n) is 0.992. The fourth-order valence-corrected chi connectivity index (χ4v) is 0.992. The molecule has 0 aliphatic rings. The minimum Gasteiger partial charge on any atom is -0.493 e. The number of methoxy groups -OCH3 is 2. The van der Waals surface area contributed by atoms with E-state index in [-0.39, 0.29) is 0 Å². The Labute approximate surface area is 76.5 Å². The monoisotopic (exact) mass is 178 g/mol. The summed E-state index contributed by atoms with van der Waals surface area (Å²) in [5, 5.41) is 8.68. The molecule has 1 rings (SSSR count). The number of rotatable bonds is 2. The van der Waals surface area contributed by atoms with Gasteiger partial charge in [-0.2, -0.15) is 5.26 Å². The van der Waals surface area contributed by atoms with E-state index in [0.29, 0.717) is 22.7 Å². The number of hydrogen-bond donors (Lipinski definition) is 1. The van der Waals surface area contributed by atoms with Gasteiger partial charge in [0.05, 0.1) is 25.5 Å². The summed E-state index contributed by atoms with van der Waals surface area (Å²) < 4.78 is 10.0. The zero-order valence-corrected chi connectivity index (χ0v) is 7.50. The molecule has 0 unspecified atom stereocenters. The van der Waals surface area contributed by atoms with Crippen LogP contribution in [-0.2, 0) is 0 Å². The number of anilines is 1. The van der Waals surface area contributed by atoms with E-state index in [1.807, 2.05) is 6.07 Å². The number of nitrogens with zero attached hydrogens (tertiary/aromatic N) is 1. The number of nitriles is 1. The van der Waals surface area contributed by atoms with Gasteiger partial charge in [-0.3, -0.25) is 0 Å². The summed E-state index contributed by atoms with van der Waals surface area (Å²) in [6.45, 7) is 0. The standard InChI is InChI=1S/C9H10N2O2/c1-12-8-3-6(5-10)7(11)4-9(8)13-2/h3-4H,11H2,1-2H3. The average molecular weight is 178 g/mol. The lowest BCUT2D eigenvalue weighted by Gasteiger charge is -2.08. The summed E-state index contributed by atoms with van der Waals surface area (Å²) in [6.07, 6.45) is 0. The largest absolute Gasteiger partial charge is 0.493 e. The maximum atomic E-state index is 8.68. The molecule has 68 valence electrons. The van der Waals surface area contributed by atoms with Crippen LogP contribution in [0.2, 0.25) is 0 Å². The van der Waals surface area contributed by atoms with Gasteiger partial charge in [-0.15, -0.1) is 0 Å². The molecule has 13 heavy (non-hydrogen) atoms. The van der Waals surface area contributed by atoms with Gasteiger partial charge in [0.25, 0.3) is 0 Å². The van der Waals surface area contributed by atoms with Crippen LogP contribution in [0, 0.1) is 11.3 Å². The second-order valence-electron chi connectivity index (χ2n) is 2.41. The second-order valence-corrected chi connectivity index (χ2v) is 2.41. The molecule has 1 aromatic carbocycles. The van der Waals surface area contributed by atoms with Gasteiger partial charge >= 0.3 is 0 Å². The molecular weight excluding hydrogens is 168 g/mol. The maximum Gasteiger partial charge on any atom is 0.162 e. The van der Waals surface area contributed by atoms with Crippen LogP contribution < -0.4 is 15.2 Å². The van der Waals surface area contributed by atoms with Crippen molar-refractivity contribution in [2.75, 3.05) is 20.0 Å². The number of ether oxygens (including phenoxy) is 2. The summed E-state index contributed by atoms with van der Waals surface area (Å²) >= 11 is 0. The zero-order valence-electron chi connectivity index (χ0n) is 7.50. The van der Waals surface area contributed by atoms with E-state index in [1.165, 1.54) is 14.2 Å². The van der Waals surface area contributed by atoms with Crippen LogP contribution in [0.3, 0.4) is 0 Å². The first-order valence-corrected chi connectivity index (χ1v) is 3.64. The van der Waals surface area contributed by atoms with E-state index >= 15 is 0 Å². The van der Waals surface area contributed by atoms with Crippen molar-refractivity contribution >= 4 is 5.69 Å². The molecule has 1 aromatic rings. The van der Waals surface area contributed by atoms with Crippen LogP contribution in [0.1, 0.15) is 5.56 Å². The highest BCUT2D eigenvalue weighted by atomic mass is 16.5. The first-order valence-electron chi connectivity index (χ1n) is 3.64. The van der Waals surface area contributed by atoms with E-state index in [1.54, 1.807) is 12.1 Å². The predicted octanol–water partition coefficient (Wildman–Crippen LogP) is 1.16. The minimum atomic E-state index is 0.387. The highest BCUT2D eigenvalue weighted by Gasteiger charge is 2.07. The van der Waals surface area contributed by atoms with Crippen molar-refractivity contribution in [1.29, 1.82) is 5.26 Å². The van der Waals surface area contributed by atoms with Gasteiger partial charge < -0.3 is 15.2 Å². The zero-order chi connectivity index (χ0) is 9.84. The van der Waals surface area contributed by atoms with E-state index in [0.717, 1.165) is 0 Å². The molecule has 0 fully saturated rings. The van der Waals surface area contributed by atoms with Crippen molar-refractivity contribution in [2.24, 2.45) is 0 Å². The highest BCUT2D eigenvalue weighted by molar-refractivity contribution is 5.62. The fraction of sp³-hybridized carbons (Fsp3) is 0.222. The Hall–Kier alpha value is -1.89. The Morgan fingerprint density at radius 3 is 2.23 bits per heavy atom. The molecule has 0 aromatic heterocycles. The SMILES string of the molecule is COc1cc(N)c(C#N)cc1OC. The van der Waals surface area contributed by atoms with Crippen LogP contribution in [0.15, 0.2) is 12.1 Å². The third-order valence-electron chi connectivity index (χ3n) is 1.68. The van der Waals surface area contributed by atoms with Gasteiger partial charge in [0.2, 0.25) is 0 Å². The van der Waals surface area contributed by atoms with Crippen molar-refractivity contribution < 1.29 is 9.47 Å². The Bertz CT molecular complexity index is 355. The van der Waals surface area contributed by atoms with Crippen molar-refractivity contribution in [1.82, 2.24) is 0 Å². The lowest BCUT2D eigenvalue weighted by Crippen LogP contribution is -1.95. The number of hydrogen-bond acceptors (Lipinski definition) is 4. The number of nitrogen functional groups attached to an aromatic ring is 1. The van der Waals surface area contributed by atoms with Crippen LogP contribution in [0.25, 0.3) is 0 Å². The second kappa shape index (κ2) is 3.68. The lowest BCUT2D eigenvalue weighted by molar-refractivity contribution is 0.355. The summed E-state index contributed by atoms with van der Waals surface area (Å²) in [7, 11) is 3.03. The van der Waals surface area contributed by atoms with Crippen LogP contribution in [-0.4, -0.2) is 14.2 Å². The summed E-state index contributed by atoms with van der Waals surface area (Å²) in [5.74, 6) is 1.03. The van der Waals surface area contributed by atoms with Crippen molar-refractivity contribution in [3.8, 4) is 17.6 Å². The number of benzene rings is 1. The van der Waals surface area contributed by atoms with E-state index in [2.05, 4.69) is 0 Å². The van der Waals surface area contributed by atoms with Crippen molar-refractivity contribution in [3.63, 3.8) is 0 Å². The quantitative estimate of drug-likeness (QED) is 0.690. The first kappa shape index (κ1) is 9.20. The highest BCUT2D eigenvalue weighted by Crippen LogP contribution is 2.31. The van der Waals surface area contributed by atoms with Gasteiger partial charge in [0.1, 0.15) is 6.07 Å². The molecule has 0 spiro atoms. The molecule has 0 saturated heterocycles. The molecule has 0 atom stereocenters. The third-order valence-corrected chi connectivity index (χ3v) is 1.68. The van der Waals surface area contributed by atoms with Crippen LogP contribution in [0.4, 0.5) is 5.69 Å². The van der Waals surface area contributed by atoms with Crippen molar-refractivity contribution in [3.05, 3.63) is 17.7 Å². The first-order chi connectivity index (χ1) is 6.22. The minimum absolute atomic E-state index is 0.387. The van der Waals surface area contributed by atoms with E-state index in [4.69, 9.17) is 20.5 Å². The average Bonchev–Trinajstić information content (AvgIpc) is 2.17. The van der Waals surface area contributed by atoms with Gasteiger partial charge in [-0.1, -0.05) is 0 Å². The molecule has 0 radical (unpaired) electrons. The number of nitrogens with two attached hydrogens (primary N) is 1. The molecule has 0 heterocycles. The summed E-state index contributed by atoms with van der Waals surface area (Å²) in [4.78, 5) is 0. The Morgan fingerprint density at radius 2 is 1.77 bits per heavy atom. The van der Waals surface area contributed by atoms with Gasteiger partial charge in [-0.25, -0.2) is 0 Å². The molecule has 0 aliphatic heterocycles. The molecule has 2 N–H and O–H groups in total. The molecule has 0 bridgehead atoms. The predicted molar refractivity (Wildman–Crippen MR) is 48.7 cm³/mol. The maximum absolute atomic E-state index is 8.68. The van der Waals surface area contributed by atoms with E-state index < -0.39 is 0 Å². The molecule has 0 saturated carbocycles. The topological polar surface area (TPSA) is 68.3 Å². The lowest BCUT2D eigenvalue weighted by atomic mass is 10.2. The molecule has 0 aliphatic carbocycles. The third kappa shape index (κ3) is 1.64. The Balaban J connectivity index is 3.28. The van der Waals surface area contributed by atoms with Gasteiger partial charge in [-0.05, 0) is 0 Å². The summed E-state index contributed by atoms with van der Waals surface area (Å²) in [6, 6.07) is 5.08. The molecule has 4 nitrogen and oxygen atoms in total. The van der Waals surface area contributed by atoms with Gasteiger partial charge in [0.15, 0.2) is 11.5 Å². The van der Waals surface area contributed by atoms with Crippen molar-refractivity contribution in [2.45, 2.75) is 0 Å².